The Bertz CT molecular complexity index is 301. The monoisotopic (exact) mass is 183 g/mol. The number of halogens is 1. The number of hydrogen-bond donors (Lipinski definition) is 1. The highest BCUT2D eigenvalue weighted by molar-refractivity contribution is 6.32. The van der Waals surface area contributed by atoms with Gasteiger partial charge in [0.25, 0.3) is 0 Å². The molecule has 0 saturated heterocycles. The number of benzene rings is 1. The van der Waals surface area contributed by atoms with Gasteiger partial charge in [-0.25, -0.2) is 0 Å². The van der Waals surface area contributed by atoms with E-state index in [0.29, 0.717) is 5.02 Å². The van der Waals surface area contributed by atoms with Crippen LogP contribution in [0.5, 0.6) is 5.75 Å². The summed E-state index contributed by atoms with van der Waals surface area (Å²) in [5, 5.41) is 3.92. The van der Waals surface area contributed by atoms with Crippen molar-refractivity contribution in [1.82, 2.24) is 0 Å². The molecule has 0 fully saturated rings. The molecule has 0 bridgehead atoms. The second-order valence-corrected chi connectivity index (χ2v) is 3.33. The van der Waals surface area contributed by atoms with Gasteiger partial charge >= 0.3 is 0 Å². The number of rotatable bonds is 0. The first kappa shape index (κ1) is 7.74. The van der Waals surface area contributed by atoms with Crippen LogP contribution in [-0.2, 0) is 0 Å². The topological polar surface area (TPSA) is 21.3 Å². The molecule has 1 unspecified atom stereocenters. The quantitative estimate of drug-likeness (QED) is 0.668. The van der Waals surface area contributed by atoms with Crippen molar-refractivity contribution in [3.8, 4) is 5.75 Å². The van der Waals surface area contributed by atoms with Gasteiger partial charge in [0.05, 0.1) is 17.3 Å². The first-order valence-corrected chi connectivity index (χ1v) is 4.34. The second kappa shape index (κ2) is 2.87. The van der Waals surface area contributed by atoms with Crippen molar-refractivity contribution >= 4 is 17.3 Å². The predicted octanol–water partition coefficient (Wildman–Crippen LogP) is 2.53. The van der Waals surface area contributed by atoms with Gasteiger partial charge in [-0.05, 0) is 19.1 Å². The summed E-state index contributed by atoms with van der Waals surface area (Å²) in [6, 6.07) is 5.71. The van der Waals surface area contributed by atoms with E-state index in [1.807, 2.05) is 25.1 Å². The van der Waals surface area contributed by atoms with Crippen LogP contribution in [0.15, 0.2) is 18.2 Å². The molecule has 0 aromatic heterocycles. The van der Waals surface area contributed by atoms with Gasteiger partial charge in [0.1, 0.15) is 6.10 Å². The van der Waals surface area contributed by atoms with E-state index in [0.717, 1.165) is 18.0 Å². The summed E-state index contributed by atoms with van der Waals surface area (Å²) in [5.74, 6) is 0.776. The van der Waals surface area contributed by atoms with Gasteiger partial charge in [0.15, 0.2) is 5.75 Å². The molecule has 12 heavy (non-hydrogen) atoms. The summed E-state index contributed by atoms with van der Waals surface area (Å²) in [5.41, 5.74) is 0.987. The van der Waals surface area contributed by atoms with Crippen LogP contribution in [0.1, 0.15) is 6.92 Å². The molecule has 0 amide bonds. The number of fused-ring (bicyclic) bond motifs is 1. The third kappa shape index (κ3) is 1.23. The van der Waals surface area contributed by atoms with Crippen LogP contribution in [-0.4, -0.2) is 12.6 Å². The lowest BCUT2D eigenvalue weighted by Gasteiger charge is -2.25. The minimum Gasteiger partial charge on any atom is -0.485 e. The van der Waals surface area contributed by atoms with Crippen LogP contribution in [0.25, 0.3) is 0 Å². The Morgan fingerprint density at radius 1 is 1.58 bits per heavy atom. The Hall–Kier alpha value is -0.890. The molecule has 1 atom stereocenters. The Balaban J connectivity index is 2.43. The first-order valence-electron chi connectivity index (χ1n) is 3.96. The Morgan fingerprint density at radius 3 is 3.25 bits per heavy atom. The lowest BCUT2D eigenvalue weighted by molar-refractivity contribution is 0.226. The lowest BCUT2D eigenvalue weighted by atomic mass is 10.2. The molecule has 0 radical (unpaired) electrons. The van der Waals surface area contributed by atoms with E-state index in [2.05, 4.69) is 5.32 Å². The van der Waals surface area contributed by atoms with Crippen LogP contribution < -0.4 is 10.1 Å². The molecule has 3 heteroatoms. The molecule has 2 rings (SSSR count). The van der Waals surface area contributed by atoms with Gasteiger partial charge in [-0.2, -0.15) is 0 Å². The van der Waals surface area contributed by atoms with Crippen molar-refractivity contribution in [2.75, 3.05) is 11.9 Å². The second-order valence-electron chi connectivity index (χ2n) is 2.93. The third-order valence-corrected chi connectivity index (χ3v) is 2.16. The maximum absolute atomic E-state index is 5.94. The van der Waals surface area contributed by atoms with Gasteiger partial charge in [-0.3, -0.25) is 0 Å². The number of para-hydroxylation sites is 1. The van der Waals surface area contributed by atoms with Crippen LogP contribution in [0.4, 0.5) is 5.69 Å². The van der Waals surface area contributed by atoms with E-state index < -0.39 is 0 Å². The van der Waals surface area contributed by atoms with E-state index in [9.17, 15) is 0 Å². The Morgan fingerprint density at radius 2 is 2.42 bits per heavy atom. The van der Waals surface area contributed by atoms with Crippen molar-refractivity contribution in [1.29, 1.82) is 0 Å². The standard InChI is InChI=1S/C9H10ClNO/c1-6-5-11-8-4-2-3-7(10)9(8)12-6/h2-4,6,11H,5H2,1H3. The van der Waals surface area contributed by atoms with Crippen LogP contribution in [0.2, 0.25) is 5.02 Å². The average molecular weight is 184 g/mol. The van der Waals surface area contributed by atoms with Gasteiger partial charge < -0.3 is 10.1 Å². The predicted molar refractivity (Wildman–Crippen MR) is 50.0 cm³/mol. The normalized spacial score (nSPS) is 20.7. The van der Waals surface area contributed by atoms with Crippen molar-refractivity contribution in [3.63, 3.8) is 0 Å². The van der Waals surface area contributed by atoms with Crippen LogP contribution >= 0.6 is 11.6 Å². The molecule has 0 saturated carbocycles. The van der Waals surface area contributed by atoms with Gasteiger partial charge in [-0.15, -0.1) is 0 Å². The minimum atomic E-state index is 0.192. The molecule has 64 valence electrons. The van der Waals surface area contributed by atoms with Crippen molar-refractivity contribution in [2.24, 2.45) is 0 Å². The SMILES string of the molecule is CC1CNc2cccc(Cl)c2O1. The van der Waals surface area contributed by atoms with Crippen LogP contribution in [0, 0.1) is 0 Å². The molecule has 1 aliphatic rings. The highest BCUT2D eigenvalue weighted by Gasteiger charge is 2.16. The number of nitrogens with one attached hydrogen (secondary N) is 1. The van der Waals surface area contributed by atoms with E-state index in [1.54, 1.807) is 0 Å². The van der Waals surface area contributed by atoms with Crippen molar-refractivity contribution in [3.05, 3.63) is 23.2 Å². The minimum absolute atomic E-state index is 0.192. The van der Waals surface area contributed by atoms with Gasteiger partial charge in [0.2, 0.25) is 0 Å². The molecule has 1 aromatic rings. The molecule has 0 aliphatic carbocycles. The summed E-state index contributed by atoms with van der Waals surface area (Å²) >= 11 is 5.94. The lowest BCUT2D eigenvalue weighted by Crippen LogP contribution is -2.27. The number of anilines is 1. The summed E-state index contributed by atoms with van der Waals surface area (Å²) in [6.45, 7) is 2.85. The average Bonchev–Trinajstić information content (AvgIpc) is 2.07. The zero-order valence-electron chi connectivity index (χ0n) is 6.80. The fourth-order valence-corrected chi connectivity index (χ4v) is 1.48. The molecule has 2 nitrogen and oxygen atoms in total. The first-order chi connectivity index (χ1) is 5.77. The Kier molecular flexibility index (Phi) is 1.85. The zero-order chi connectivity index (χ0) is 8.55. The summed E-state index contributed by atoms with van der Waals surface area (Å²) < 4.78 is 5.57. The Labute approximate surface area is 76.5 Å². The maximum atomic E-state index is 5.94. The fraction of sp³-hybridized carbons (Fsp3) is 0.333. The van der Waals surface area contributed by atoms with Gasteiger partial charge in [-0.1, -0.05) is 17.7 Å². The highest BCUT2D eigenvalue weighted by Crippen LogP contribution is 2.35. The van der Waals surface area contributed by atoms with E-state index in [-0.39, 0.29) is 6.10 Å². The molecular formula is C9H10ClNO. The van der Waals surface area contributed by atoms with Crippen LogP contribution in [0.3, 0.4) is 0 Å². The highest BCUT2D eigenvalue weighted by atomic mass is 35.5. The van der Waals surface area contributed by atoms with Crippen molar-refractivity contribution < 1.29 is 4.74 Å². The zero-order valence-corrected chi connectivity index (χ0v) is 7.56. The number of ether oxygens (including phenoxy) is 1. The smallest absolute Gasteiger partial charge is 0.161 e. The molecular weight excluding hydrogens is 174 g/mol. The molecule has 1 heterocycles. The summed E-state index contributed by atoms with van der Waals surface area (Å²) in [4.78, 5) is 0. The maximum Gasteiger partial charge on any atom is 0.161 e. The molecule has 1 aromatic carbocycles. The van der Waals surface area contributed by atoms with E-state index in [1.165, 1.54) is 0 Å². The fourth-order valence-electron chi connectivity index (χ4n) is 1.26. The molecule has 1 aliphatic heterocycles. The third-order valence-electron chi connectivity index (χ3n) is 1.87. The van der Waals surface area contributed by atoms with E-state index >= 15 is 0 Å². The summed E-state index contributed by atoms with van der Waals surface area (Å²) in [7, 11) is 0. The summed E-state index contributed by atoms with van der Waals surface area (Å²) in [6.07, 6.45) is 0.192. The largest absolute Gasteiger partial charge is 0.485 e. The van der Waals surface area contributed by atoms with Gasteiger partial charge in [0, 0.05) is 0 Å². The van der Waals surface area contributed by atoms with Crippen molar-refractivity contribution in [2.45, 2.75) is 13.0 Å². The number of hydrogen-bond acceptors (Lipinski definition) is 2. The van der Waals surface area contributed by atoms with E-state index in [4.69, 9.17) is 16.3 Å². The molecule has 0 spiro atoms. The molecule has 1 N–H and O–H groups in total.